The Morgan fingerprint density at radius 2 is 1.91 bits per heavy atom. The first kappa shape index (κ1) is 15.4. The number of hydrogen-bond donors (Lipinski definition) is 1. The lowest BCUT2D eigenvalue weighted by Gasteiger charge is -2.35. The van der Waals surface area contributed by atoms with E-state index in [2.05, 4.69) is 10.2 Å². The van der Waals surface area contributed by atoms with Gasteiger partial charge in [-0.15, -0.1) is 0 Å². The predicted molar refractivity (Wildman–Crippen MR) is 80.8 cm³/mol. The van der Waals surface area contributed by atoms with Crippen molar-refractivity contribution < 1.29 is 13.6 Å². The zero-order chi connectivity index (χ0) is 15.7. The number of anilines is 1. The van der Waals surface area contributed by atoms with E-state index in [-0.39, 0.29) is 17.6 Å². The van der Waals surface area contributed by atoms with Crippen LogP contribution in [0.3, 0.4) is 0 Å². The van der Waals surface area contributed by atoms with Crippen molar-refractivity contribution >= 4 is 11.6 Å². The maximum Gasteiger partial charge on any atom is 0.244 e. The minimum atomic E-state index is -0.680. The highest BCUT2D eigenvalue weighted by atomic mass is 19.1. The summed E-state index contributed by atoms with van der Waals surface area (Å²) in [7, 11) is 1.92. The molecule has 1 N–H and O–H groups in total. The number of likely N-dealkylation sites (N-methyl/N-ethyl adjacent to an activating group) is 1. The van der Waals surface area contributed by atoms with Crippen molar-refractivity contribution in [2.45, 2.75) is 31.3 Å². The molecular formula is C16H21F2N3O. The fraction of sp³-hybridized carbons (Fsp3) is 0.562. The first-order valence-electron chi connectivity index (χ1n) is 7.78. The van der Waals surface area contributed by atoms with Crippen LogP contribution in [0, 0.1) is 11.6 Å². The van der Waals surface area contributed by atoms with Crippen LogP contribution in [0.4, 0.5) is 14.5 Å². The molecule has 1 aromatic carbocycles. The van der Waals surface area contributed by atoms with Gasteiger partial charge in [0.2, 0.25) is 5.91 Å². The summed E-state index contributed by atoms with van der Waals surface area (Å²) in [5.74, 6) is -1.55. The van der Waals surface area contributed by atoms with Crippen molar-refractivity contribution in [2.24, 2.45) is 0 Å². The van der Waals surface area contributed by atoms with Crippen molar-refractivity contribution in [3.05, 3.63) is 29.8 Å². The Labute approximate surface area is 129 Å². The van der Waals surface area contributed by atoms with Crippen LogP contribution in [0.2, 0.25) is 0 Å². The van der Waals surface area contributed by atoms with Gasteiger partial charge < -0.3 is 10.2 Å². The second-order valence-electron chi connectivity index (χ2n) is 5.99. The number of benzene rings is 1. The molecule has 2 aliphatic rings. The summed E-state index contributed by atoms with van der Waals surface area (Å²) in [5.41, 5.74) is -0.211. The summed E-state index contributed by atoms with van der Waals surface area (Å²) in [6.45, 7) is 2.03. The zero-order valence-corrected chi connectivity index (χ0v) is 12.7. The fourth-order valence-electron chi connectivity index (χ4n) is 3.50. The number of carbonyl (C=O) groups is 1. The van der Waals surface area contributed by atoms with Crippen molar-refractivity contribution in [3.8, 4) is 0 Å². The predicted octanol–water partition coefficient (Wildman–Crippen LogP) is 1.75. The molecule has 0 aliphatic carbocycles. The maximum atomic E-state index is 13.9. The van der Waals surface area contributed by atoms with Crippen LogP contribution in [0.1, 0.15) is 19.3 Å². The Morgan fingerprint density at radius 1 is 1.18 bits per heavy atom. The molecule has 1 aromatic rings. The molecule has 0 bridgehead atoms. The molecule has 2 fully saturated rings. The quantitative estimate of drug-likeness (QED) is 0.924. The third kappa shape index (κ3) is 2.73. The molecule has 2 unspecified atom stereocenters. The zero-order valence-electron chi connectivity index (χ0n) is 12.7. The number of hydrogen-bond acceptors (Lipinski definition) is 3. The molecule has 4 nitrogen and oxygen atoms in total. The molecule has 120 valence electrons. The minimum Gasteiger partial charge on any atom is -0.316 e. The molecule has 6 heteroatoms. The number of nitrogens with zero attached hydrogens (tertiary/aromatic N) is 2. The van der Waals surface area contributed by atoms with Gasteiger partial charge in [0.15, 0.2) is 0 Å². The largest absolute Gasteiger partial charge is 0.316 e. The number of halogens is 2. The Kier molecular flexibility index (Phi) is 4.40. The Balaban J connectivity index is 1.78. The second kappa shape index (κ2) is 6.30. The number of carbonyl (C=O) groups excluding carboxylic acids is 1. The van der Waals surface area contributed by atoms with E-state index in [9.17, 15) is 13.6 Å². The standard InChI is InChI=1S/C16H21F2N3O/c1-19-11-4-3-8-20(10-11)14-7-9-21(16(14)22)15-12(17)5-2-6-13(15)18/h2,5-6,11,14,19H,3-4,7-10H2,1H3. The number of rotatable bonds is 3. The Hall–Kier alpha value is -1.53. The molecule has 0 aromatic heterocycles. The number of para-hydroxylation sites is 1. The lowest BCUT2D eigenvalue weighted by Crippen LogP contribution is -2.51. The van der Waals surface area contributed by atoms with Gasteiger partial charge in [-0.05, 0) is 45.0 Å². The molecule has 0 radical (unpaired) electrons. The molecule has 22 heavy (non-hydrogen) atoms. The SMILES string of the molecule is CNC1CCCN(C2CCN(c3c(F)cccc3F)C2=O)C1. The number of nitrogens with one attached hydrogen (secondary N) is 1. The summed E-state index contributed by atoms with van der Waals surface area (Å²) < 4.78 is 27.8. The van der Waals surface area contributed by atoms with Gasteiger partial charge in [0.1, 0.15) is 17.3 Å². The molecular weight excluding hydrogens is 288 g/mol. The van der Waals surface area contributed by atoms with E-state index in [1.165, 1.54) is 23.1 Å². The van der Waals surface area contributed by atoms with E-state index in [1.807, 2.05) is 7.05 Å². The third-order valence-electron chi connectivity index (χ3n) is 4.69. The summed E-state index contributed by atoms with van der Waals surface area (Å²) >= 11 is 0. The topological polar surface area (TPSA) is 35.6 Å². The lowest BCUT2D eigenvalue weighted by molar-refractivity contribution is -0.122. The monoisotopic (exact) mass is 309 g/mol. The highest BCUT2D eigenvalue weighted by Gasteiger charge is 2.39. The summed E-state index contributed by atoms with van der Waals surface area (Å²) in [4.78, 5) is 16.0. The Morgan fingerprint density at radius 3 is 2.59 bits per heavy atom. The van der Waals surface area contributed by atoms with E-state index in [4.69, 9.17) is 0 Å². The Bertz CT molecular complexity index is 546. The number of piperidine rings is 1. The highest BCUT2D eigenvalue weighted by Crippen LogP contribution is 2.30. The van der Waals surface area contributed by atoms with Gasteiger partial charge in [-0.25, -0.2) is 8.78 Å². The van der Waals surface area contributed by atoms with Gasteiger partial charge in [0.05, 0.1) is 6.04 Å². The van der Waals surface area contributed by atoms with Crippen molar-refractivity contribution in [3.63, 3.8) is 0 Å². The number of likely N-dealkylation sites (tertiary alicyclic amines) is 1. The van der Waals surface area contributed by atoms with Crippen LogP contribution < -0.4 is 10.2 Å². The smallest absolute Gasteiger partial charge is 0.244 e. The summed E-state index contributed by atoms with van der Waals surface area (Å²) in [6.07, 6.45) is 2.74. The molecule has 3 rings (SSSR count). The molecule has 2 heterocycles. The second-order valence-corrected chi connectivity index (χ2v) is 5.99. The first-order chi connectivity index (χ1) is 10.6. The highest BCUT2D eigenvalue weighted by molar-refractivity contribution is 5.99. The van der Waals surface area contributed by atoms with Gasteiger partial charge in [0.25, 0.3) is 0 Å². The summed E-state index contributed by atoms with van der Waals surface area (Å²) in [6, 6.07) is 3.80. The molecule has 2 aliphatic heterocycles. The fourth-order valence-corrected chi connectivity index (χ4v) is 3.50. The first-order valence-corrected chi connectivity index (χ1v) is 7.78. The van der Waals surface area contributed by atoms with Crippen molar-refractivity contribution in [1.82, 2.24) is 10.2 Å². The normalized spacial score (nSPS) is 26.7. The van der Waals surface area contributed by atoms with Crippen LogP contribution >= 0.6 is 0 Å². The van der Waals surface area contributed by atoms with Crippen LogP contribution in [0.5, 0.6) is 0 Å². The molecule has 0 saturated carbocycles. The van der Waals surface area contributed by atoms with E-state index < -0.39 is 11.6 Å². The van der Waals surface area contributed by atoms with Crippen LogP contribution in [0.15, 0.2) is 18.2 Å². The van der Waals surface area contributed by atoms with Crippen LogP contribution in [-0.4, -0.2) is 49.6 Å². The van der Waals surface area contributed by atoms with Gasteiger partial charge in [-0.3, -0.25) is 9.69 Å². The maximum absolute atomic E-state index is 13.9. The van der Waals surface area contributed by atoms with Crippen molar-refractivity contribution in [1.29, 1.82) is 0 Å². The molecule has 0 spiro atoms. The van der Waals surface area contributed by atoms with E-state index in [0.29, 0.717) is 19.0 Å². The average molecular weight is 309 g/mol. The van der Waals surface area contributed by atoms with Crippen molar-refractivity contribution in [2.75, 3.05) is 31.6 Å². The minimum absolute atomic E-state index is 0.194. The number of amides is 1. The molecule has 2 atom stereocenters. The van der Waals surface area contributed by atoms with Gasteiger partial charge >= 0.3 is 0 Å². The van der Waals surface area contributed by atoms with Crippen LogP contribution in [0.25, 0.3) is 0 Å². The van der Waals surface area contributed by atoms with E-state index >= 15 is 0 Å². The van der Waals surface area contributed by atoms with Gasteiger partial charge in [0, 0.05) is 19.1 Å². The molecule has 1 amide bonds. The van der Waals surface area contributed by atoms with Crippen LogP contribution in [-0.2, 0) is 4.79 Å². The third-order valence-corrected chi connectivity index (χ3v) is 4.69. The average Bonchev–Trinajstić information content (AvgIpc) is 2.89. The van der Waals surface area contributed by atoms with Gasteiger partial charge in [-0.1, -0.05) is 6.07 Å². The lowest BCUT2D eigenvalue weighted by atomic mass is 10.0. The van der Waals surface area contributed by atoms with Gasteiger partial charge in [-0.2, -0.15) is 0 Å². The molecule has 2 saturated heterocycles. The summed E-state index contributed by atoms with van der Waals surface area (Å²) in [5, 5.41) is 3.25. The van der Waals surface area contributed by atoms with E-state index in [0.717, 1.165) is 25.9 Å². The van der Waals surface area contributed by atoms with E-state index in [1.54, 1.807) is 0 Å².